The minimum Gasteiger partial charge on any atom is -0.331 e. The molecule has 0 spiro atoms. The lowest BCUT2D eigenvalue weighted by molar-refractivity contribution is 0.0635. The Balaban J connectivity index is 1.43. The molecule has 0 unspecified atom stereocenters. The molecule has 0 bridgehead atoms. The molecule has 7 nitrogen and oxygen atoms in total. The largest absolute Gasteiger partial charge is 0.331 e. The third kappa shape index (κ3) is 4.04. The van der Waals surface area contributed by atoms with Gasteiger partial charge in [0.2, 0.25) is 0 Å². The van der Waals surface area contributed by atoms with Crippen molar-refractivity contribution in [3.8, 4) is 0 Å². The van der Waals surface area contributed by atoms with Gasteiger partial charge in [0.05, 0.1) is 41.1 Å². The minimum absolute atomic E-state index is 0.00645. The van der Waals surface area contributed by atoms with Gasteiger partial charge < -0.3 is 9.80 Å². The van der Waals surface area contributed by atoms with Crippen molar-refractivity contribution in [3.05, 3.63) is 79.6 Å². The van der Waals surface area contributed by atoms with Gasteiger partial charge in [0.25, 0.3) is 11.8 Å². The van der Waals surface area contributed by atoms with Gasteiger partial charge in [-0.15, -0.1) is 0 Å². The Labute approximate surface area is 210 Å². The molecule has 0 radical (unpaired) electrons. The number of rotatable bonds is 3. The second-order valence-corrected chi connectivity index (χ2v) is 9.60. The van der Waals surface area contributed by atoms with Crippen LogP contribution in [0.4, 0.5) is 4.39 Å². The highest BCUT2D eigenvalue weighted by Gasteiger charge is 2.37. The number of amides is 2. The summed E-state index contributed by atoms with van der Waals surface area (Å²) in [6, 6.07) is 7.24. The van der Waals surface area contributed by atoms with E-state index in [0.717, 1.165) is 5.69 Å². The number of aromatic nitrogens is 3. The maximum absolute atomic E-state index is 14.2. The number of carbonyl (C=O) groups excluding carboxylic acids is 2. The Kier molecular flexibility index (Phi) is 6.00. The molecule has 176 valence electrons. The first-order valence-electron chi connectivity index (χ1n) is 10.7. The highest BCUT2D eigenvalue weighted by atomic mass is 35.5. The predicted molar refractivity (Wildman–Crippen MR) is 126 cm³/mol. The fourth-order valence-corrected chi connectivity index (χ4v) is 4.89. The summed E-state index contributed by atoms with van der Waals surface area (Å²) in [7, 11) is 0. The number of hydrogen-bond donors (Lipinski definition) is 0. The summed E-state index contributed by atoms with van der Waals surface area (Å²) >= 11 is 18.0. The molecule has 3 aromatic rings. The molecule has 34 heavy (non-hydrogen) atoms. The summed E-state index contributed by atoms with van der Waals surface area (Å²) in [5.41, 5.74) is 2.44. The van der Waals surface area contributed by atoms with E-state index in [4.69, 9.17) is 34.8 Å². The van der Waals surface area contributed by atoms with Crippen molar-refractivity contribution in [3.63, 3.8) is 0 Å². The number of nitrogens with zero attached hydrogens (tertiary/aromatic N) is 5. The van der Waals surface area contributed by atoms with Gasteiger partial charge in [0.15, 0.2) is 0 Å². The Morgan fingerprint density at radius 3 is 2.71 bits per heavy atom. The zero-order valence-corrected chi connectivity index (χ0v) is 20.3. The van der Waals surface area contributed by atoms with Crippen molar-refractivity contribution in [1.29, 1.82) is 0 Å². The monoisotopic (exact) mass is 521 g/mol. The van der Waals surface area contributed by atoms with Crippen molar-refractivity contribution in [2.75, 3.05) is 6.54 Å². The van der Waals surface area contributed by atoms with Crippen LogP contribution in [0.1, 0.15) is 44.7 Å². The lowest BCUT2D eigenvalue weighted by atomic mass is 9.97. The minimum atomic E-state index is -0.523. The van der Waals surface area contributed by atoms with E-state index in [-0.39, 0.29) is 41.8 Å². The van der Waals surface area contributed by atoms with Crippen LogP contribution in [0.5, 0.6) is 0 Å². The van der Waals surface area contributed by atoms with Gasteiger partial charge in [0.1, 0.15) is 16.7 Å². The van der Waals surface area contributed by atoms with Crippen molar-refractivity contribution in [1.82, 2.24) is 24.6 Å². The SMILES string of the molecule is C[C@@H]1Cc2nn3c(c2CN1C(=O)c1ccc(Cl)c(Cl)c1)C(=O)N(Cc1nc(Cl)ccc1F)CC3. The maximum atomic E-state index is 14.2. The average molecular weight is 523 g/mol. The van der Waals surface area contributed by atoms with Crippen LogP contribution in [0, 0.1) is 5.82 Å². The molecule has 5 rings (SSSR count). The van der Waals surface area contributed by atoms with Gasteiger partial charge in [-0.3, -0.25) is 14.3 Å². The molecule has 2 amide bonds. The van der Waals surface area contributed by atoms with Crippen LogP contribution in [-0.4, -0.2) is 49.0 Å². The first-order valence-corrected chi connectivity index (χ1v) is 11.8. The van der Waals surface area contributed by atoms with Gasteiger partial charge in [-0.2, -0.15) is 5.10 Å². The Bertz CT molecular complexity index is 1330. The predicted octanol–water partition coefficient (Wildman–Crippen LogP) is 4.62. The second-order valence-electron chi connectivity index (χ2n) is 8.40. The normalized spacial score (nSPS) is 17.6. The highest BCUT2D eigenvalue weighted by molar-refractivity contribution is 6.42. The first kappa shape index (κ1) is 23.1. The Hall–Kier alpha value is -2.68. The molecule has 0 aliphatic carbocycles. The topological polar surface area (TPSA) is 71.3 Å². The van der Waals surface area contributed by atoms with E-state index in [2.05, 4.69) is 10.1 Å². The number of fused-ring (bicyclic) bond motifs is 3. The number of halogens is 4. The smallest absolute Gasteiger partial charge is 0.272 e. The Morgan fingerprint density at radius 2 is 1.94 bits per heavy atom. The molecule has 0 N–H and O–H groups in total. The van der Waals surface area contributed by atoms with Crippen molar-refractivity contribution < 1.29 is 14.0 Å². The lowest BCUT2D eigenvalue weighted by Crippen LogP contribution is -2.44. The van der Waals surface area contributed by atoms with E-state index in [1.807, 2.05) is 6.92 Å². The van der Waals surface area contributed by atoms with Gasteiger partial charge in [-0.1, -0.05) is 34.8 Å². The fourth-order valence-electron chi connectivity index (χ4n) is 4.43. The van der Waals surface area contributed by atoms with Crippen molar-refractivity contribution in [2.24, 2.45) is 0 Å². The van der Waals surface area contributed by atoms with Gasteiger partial charge in [-0.25, -0.2) is 9.37 Å². The first-order chi connectivity index (χ1) is 16.2. The standard InChI is InChI=1S/C23H19Cl3FN5O2/c1-12-8-18-14(10-31(12)22(33)13-2-3-15(24)16(25)9-13)21-23(34)30(6-7-32(21)29-18)11-19-17(27)4-5-20(26)28-19/h2-5,9,12H,6-8,10-11H2,1H3/t12-/m1/s1. The van der Waals surface area contributed by atoms with E-state index in [1.54, 1.807) is 27.8 Å². The van der Waals surface area contributed by atoms with Crippen LogP contribution >= 0.6 is 34.8 Å². The van der Waals surface area contributed by atoms with Gasteiger partial charge in [0, 0.05) is 30.1 Å². The average Bonchev–Trinajstić information content (AvgIpc) is 3.16. The summed E-state index contributed by atoms with van der Waals surface area (Å²) in [5.74, 6) is -1.01. The summed E-state index contributed by atoms with van der Waals surface area (Å²) in [6.07, 6.45) is 0.514. The molecule has 11 heteroatoms. The second kappa shape index (κ2) is 8.83. The highest BCUT2D eigenvalue weighted by Crippen LogP contribution is 2.31. The molecular formula is C23H19Cl3FN5O2. The van der Waals surface area contributed by atoms with Crippen LogP contribution < -0.4 is 0 Å². The van der Waals surface area contributed by atoms with Gasteiger partial charge in [-0.05, 0) is 37.3 Å². The molecule has 0 saturated heterocycles. The van der Waals surface area contributed by atoms with E-state index < -0.39 is 5.82 Å². The molecule has 1 atom stereocenters. The summed E-state index contributed by atoms with van der Waals surface area (Å²) < 4.78 is 15.9. The number of pyridine rings is 1. The molecule has 2 aromatic heterocycles. The van der Waals surface area contributed by atoms with E-state index in [1.165, 1.54) is 17.0 Å². The molecular weight excluding hydrogens is 504 g/mol. The fraction of sp³-hybridized carbons (Fsp3) is 0.304. The summed E-state index contributed by atoms with van der Waals surface area (Å²) in [5, 5.41) is 5.47. The maximum Gasteiger partial charge on any atom is 0.272 e. The lowest BCUT2D eigenvalue weighted by Gasteiger charge is -2.34. The molecule has 4 heterocycles. The van der Waals surface area contributed by atoms with Crippen LogP contribution in [0.15, 0.2) is 30.3 Å². The van der Waals surface area contributed by atoms with Crippen LogP contribution in [0.2, 0.25) is 15.2 Å². The third-order valence-corrected chi connectivity index (χ3v) is 7.16. The zero-order valence-electron chi connectivity index (χ0n) is 18.1. The van der Waals surface area contributed by atoms with E-state index >= 15 is 0 Å². The summed E-state index contributed by atoms with van der Waals surface area (Å²) in [4.78, 5) is 33.9. The van der Waals surface area contributed by atoms with Crippen LogP contribution in [-0.2, 0) is 26.1 Å². The third-order valence-electron chi connectivity index (χ3n) is 6.21. The van der Waals surface area contributed by atoms with Crippen molar-refractivity contribution in [2.45, 2.75) is 39.0 Å². The number of benzene rings is 1. The Morgan fingerprint density at radius 1 is 1.15 bits per heavy atom. The molecule has 2 aliphatic rings. The number of carbonyl (C=O) groups is 2. The van der Waals surface area contributed by atoms with E-state index in [0.29, 0.717) is 46.4 Å². The van der Waals surface area contributed by atoms with Crippen molar-refractivity contribution >= 4 is 46.6 Å². The van der Waals surface area contributed by atoms with Crippen LogP contribution in [0.3, 0.4) is 0 Å². The zero-order chi connectivity index (χ0) is 24.1. The quantitative estimate of drug-likeness (QED) is 0.471. The van der Waals surface area contributed by atoms with E-state index in [9.17, 15) is 14.0 Å². The summed E-state index contributed by atoms with van der Waals surface area (Å²) in [6.45, 7) is 2.99. The number of hydrogen-bond acceptors (Lipinski definition) is 4. The molecule has 0 saturated carbocycles. The van der Waals surface area contributed by atoms with Crippen LogP contribution in [0.25, 0.3) is 0 Å². The molecule has 2 aliphatic heterocycles. The molecule has 1 aromatic carbocycles. The molecule has 0 fully saturated rings. The van der Waals surface area contributed by atoms with Gasteiger partial charge >= 0.3 is 0 Å².